The Kier molecular flexibility index (Phi) is 14.1. The first-order valence-electron chi connectivity index (χ1n) is 8.96. The minimum absolute atomic E-state index is 0.0506. The van der Waals surface area contributed by atoms with Gasteiger partial charge in [-0.3, -0.25) is 0 Å². The Morgan fingerprint density at radius 3 is 2.07 bits per heavy atom. The lowest BCUT2D eigenvalue weighted by molar-refractivity contribution is -0.0688. The Labute approximate surface area is 162 Å². The van der Waals surface area contributed by atoms with Crippen LogP contribution < -0.4 is 5.32 Å². The summed E-state index contributed by atoms with van der Waals surface area (Å²) >= 11 is 0. The van der Waals surface area contributed by atoms with E-state index in [1.54, 1.807) is 0 Å². The highest BCUT2D eigenvalue weighted by Gasteiger charge is 2.25. The highest BCUT2D eigenvalue weighted by Crippen LogP contribution is 2.04. The van der Waals surface area contributed by atoms with E-state index in [0.29, 0.717) is 0 Å². The average molecular weight is 411 g/mol. The summed E-state index contributed by atoms with van der Waals surface area (Å²) in [4.78, 5) is 22.7. The molecule has 1 heterocycles. The van der Waals surface area contributed by atoms with Gasteiger partial charge >= 0.3 is 12.2 Å². The van der Waals surface area contributed by atoms with Gasteiger partial charge in [-0.15, -0.1) is 0 Å². The number of hydrogen-bond donors (Lipinski definition) is 3. The topological polar surface area (TPSA) is 151 Å². The number of hydrogen-bond acceptors (Lipinski definition) is 11. The van der Waals surface area contributed by atoms with E-state index in [1.807, 2.05) is 0 Å². The summed E-state index contributed by atoms with van der Waals surface area (Å²) in [5, 5.41) is 19.7. The molecule has 28 heavy (non-hydrogen) atoms. The normalized spacial score (nSPS) is 16.1. The van der Waals surface area contributed by atoms with E-state index in [1.165, 1.54) is 0 Å². The summed E-state index contributed by atoms with van der Waals surface area (Å²) in [5.74, 6) is 0. The summed E-state index contributed by atoms with van der Waals surface area (Å²) in [6, 6.07) is 0. The van der Waals surface area contributed by atoms with Crippen LogP contribution in [0.3, 0.4) is 0 Å². The maximum atomic E-state index is 11.8. The number of cyclic esters (lactones) is 1. The number of aliphatic hydroxyl groups is 2. The van der Waals surface area contributed by atoms with Gasteiger partial charge in [-0.25, -0.2) is 9.59 Å². The van der Waals surface area contributed by atoms with E-state index in [4.69, 9.17) is 43.4 Å². The lowest BCUT2D eigenvalue weighted by atomic mass is 10.4. The number of carbonyl (C=O) groups excluding carboxylic acids is 2. The van der Waals surface area contributed by atoms with Gasteiger partial charge in [-0.2, -0.15) is 0 Å². The molecular weight excluding hydrogens is 382 g/mol. The van der Waals surface area contributed by atoms with E-state index < -0.39 is 24.5 Å². The van der Waals surface area contributed by atoms with Crippen LogP contribution >= 0.6 is 0 Å². The molecule has 1 fully saturated rings. The first-order chi connectivity index (χ1) is 13.7. The van der Waals surface area contributed by atoms with E-state index >= 15 is 0 Å². The summed E-state index contributed by atoms with van der Waals surface area (Å²) in [5.41, 5.74) is 0. The molecule has 1 amide bonds. The van der Waals surface area contributed by atoms with Crippen LogP contribution in [0.1, 0.15) is 0 Å². The fraction of sp³-hybridized carbons (Fsp3) is 0.875. The fourth-order valence-corrected chi connectivity index (χ4v) is 1.97. The molecule has 1 atom stereocenters. The van der Waals surface area contributed by atoms with Gasteiger partial charge < -0.3 is 48.7 Å². The number of aliphatic hydroxyl groups excluding tert-OH is 2. The molecule has 1 aliphatic rings. The van der Waals surface area contributed by atoms with Crippen LogP contribution in [-0.4, -0.2) is 114 Å². The summed E-state index contributed by atoms with van der Waals surface area (Å²) in [7, 11) is 0. The van der Waals surface area contributed by atoms with Gasteiger partial charge in [-0.1, -0.05) is 0 Å². The fourth-order valence-electron chi connectivity index (χ4n) is 1.97. The highest BCUT2D eigenvalue weighted by molar-refractivity contribution is 5.69. The lowest BCUT2D eigenvalue weighted by Gasteiger charge is -2.18. The SMILES string of the molecule is O=C1NC[C@@H](COC(=O)OC(COCCOCCO)COCCOCCO)O1. The molecule has 1 saturated heterocycles. The lowest BCUT2D eigenvalue weighted by Crippen LogP contribution is -2.31. The van der Waals surface area contributed by atoms with Crippen molar-refractivity contribution in [3.8, 4) is 0 Å². The molecule has 12 heteroatoms. The standard InChI is InChI=1S/C16H29NO11/c18-1-3-22-5-7-24-10-14(11-25-8-6-23-4-2-19)28-16(21)26-12-13-9-17-15(20)27-13/h13-14,18-19H,1-12H2,(H,17,20)/t13-/m0/s1. The third-order valence-corrected chi connectivity index (χ3v) is 3.22. The van der Waals surface area contributed by atoms with Crippen LogP contribution in [0.15, 0.2) is 0 Å². The molecule has 0 spiro atoms. The van der Waals surface area contributed by atoms with Gasteiger partial charge in [0.15, 0.2) is 12.2 Å². The van der Waals surface area contributed by atoms with E-state index in [-0.39, 0.29) is 79.2 Å². The minimum Gasteiger partial charge on any atom is -0.441 e. The van der Waals surface area contributed by atoms with E-state index in [9.17, 15) is 9.59 Å². The van der Waals surface area contributed by atoms with Gasteiger partial charge in [0, 0.05) is 0 Å². The molecule has 0 unspecified atom stereocenters. The van der Waals surface area contributed by atoms with Crippen molar-refractivity contribution in [1.29, 1.82) is 0 Å². The molecule has 0 aromatic heterocycles. The highest BCUT2D eigenvalue weighted by atomic mass is 16.7. The zero-order valence-corrected chi connectivity index (χ0v) is 15.7. The number of rotatable bonds is 17. The van der Waals surface area contributed by atoms with Crippen molar-refractivity contribution in [3.63, 3.8) is 0 Å². The molecule has 0 saturated carbocycles. The predicted molar refractivity (Wildman–Crippen MR) is 91.9 cm³/mol. The number of carbonyl (C=O) groups is 2. The Bertz CT molecular complexity index is 407. The quantitative estimate of drug-likeness (QED) is 0.193. The molecule has 0 aliphatic carbocycles. The third kappa shape index (κ3) is 12.6. The Balaban J connectivity index is 2.25. The summed E-state index contributed by atoms with van der Waals surface area (Å²) in [6.45, 7) is 1.58. The minimum atomic E-state index is -0.937. The molecule has 1 aliphatic heterocycles. The molecule has 1 rings (SSSR count). The van der Waals surface area contributed by atoms with Crippen LogP contribution in [-0.2, 0) is 33.2 Å². The Morgan fingerprint density at radius 1 is 1.00 bits per heavy atom. The maximum absolute atomic E-state index is 11.8. The van der Waals surface area contributed by atoms with Gasteiger partial charge in [0.05, 0.1) is 72.6 Å². The Morgan fingerprint density at radius 2 is 1.57 bits per heavy atom. The first-order valence-corrected chi connectivity index (χ1v) is 8.96. The number of alkyl carbamates (subject to hydrolysis) is 1. The van der Waals surface area contributed by atoms with Crippen molar-refractivity contribution < 1.29 is 53.0 Å². The molecule has 0 aromatic rings. The van der Waals surface area contributed by atoms with Crippen molar-refractivity contribution in [2.24, 2.45) is 0 Å². The van der Waals surface area contributed by atoms with Crippen LogP contribution in [0.25, 0.3) is 0 Å². The van der Waals surface area contributed by atoms with Crippen LogP contribution in [0.2, 0.25) is 0 Å². The van der Waals surface area contributed by atoms with Gasteiger partial charge in [0.25, 0.3) is 0 Å². The summed E-state index contributed by atoms with van der Waals surface area (Å²) < 4.78 is 35.8. The van der Waals surface area contributed by atoms with Gasteiger partial charge in [-0.05, 0) is 0 Å². The van der Waals surface area contributed by atoms with Crippen LogP contribution in [0.5, 0.6) is 0 Å². The van der Waals surface area contributed by atoms with Crippen molar-refractivity contribution in [2.45, 2.75) is 12.2 Å². The third-order valence-electron chi connectivity index (χ3n) is 3.22. The number of ether oxygens (including phenoxy) is 7. The zero-order chi connectivity index (χ0) is 20.5. The molecule has 0 bridgehead atoms. The van der Waals surface area contributed by atoms with Crippen molar-refractivity contribution in [1.82, 2.24) is 5.32 Å². The molecule has 12 nitrogen and oxygen atoms in total. The van der Waals surface area contributed by atoms with Crippen molar-refractivity contribution in [2.75, 3.05) is 79.2 Å². The second-order valence-corrected chi connectivity index (χ2v) is 5.53. The zero-order valence-electron chi connectivity index (χ0n) is 15.7. The Hall–Kier alpha value is -1.70. The largest absolute Gasteiger partial charge is 0.508 e. The molecule has 0 radical (unpaired) electrons. The predicted octanol–water partition coefficient (Wildman–Crippen LogP) is -1.33. The smallest absolute Gasteiger partial charge is 0.441 e. The van der Waals surface area contributed by atoms with E-state index in [0.717, 1.165) is 0 Å². The van der Waals surface area contributed by atoms with Crippen molar-refractivity contribution in [3.05, 3.63) is 0 Å². The molecule has 0 aromatic carbocycles. The number of amides is 1. The van der Waals surface area contributed by atoms with Crippen LogP contribution in [0, 0.1) is 0 Å². The summed E-state index contributed by atoms with van der Waals surface area (Å²) in [6.07, 6.45) is -2.78. The monoisotopic (exact) mass is 411 g/mol. The van der Waals surface area contributed by atoms with Crippen molar-refractivity contribution >= 4 is 12.2 Å². The maximum Gasteiger partial charge on any atom is 0.508 e. The second kappa shape index (κ2) is 16.3. The first kappa shape index (κ1) is 24.3. The van der Waals surface area contributed by atoms with Gasteiger partial charge in [0.1, 0.15) is 6.61 Å². The molecule has 164 valence electrons. The average Bonchev–Trinajstić information content (AvgIpc) is 3.10. The number of nitrogens with one attached hydrogen (secondary N) is 1. The molecule has 3 N–H and O–H groups in total. The molecular formula is C16H29NO11. The van der Waals surface area contributed by atoms with Gasteiger partial charge in [0.2, 0.25) is 0 Å². The van der Waals surface area contributed by atoms with E-state index in [2.05, 4.69) is 5.32 Å². The van der Waals surface area contributed by atoms with Crippen LogP contribution in [0.4, 0.5) is 9.59 Å². The second-order valence-electron chi connectivity index (χ2n) is 5.53.